The van der Waals surface area contributed by atoms with Gasteiger partial charge in [0, 0.05) is 12.5 Å². The Morgan fingerprint density at radius 2 is 2.10 bits per heavy atom. The average molecular weight is 311 g/mol. The van der Waals surface area contributed by atoms with E-state index in [0.717, 1.165) is 30.4 Å². The van der Waals surface area contributed by atoms with Gasteiger partial charge in [0.1, 0.15) is 5.82 Å². The van der Waals surface area contributed by atoms with Crippen LogP contribution in [-0.4, -0.2) is 32.0 Å². The Morgan fingerprint density at radius 3 is 2.57 bits per heavy atom. The Hall–Kier alpha value is -1.57. The molecule has 1 atom stereocenters. The summed E-state index contributed by atoms with van der Waals surface area (Å²) in [6.07, 6.45) is 2.30. The molecule has 1 heterocycles. The smallest absolute Gasteiger partial charge is 0.318 e. The van der Waals surface area contributed by atoms with Crippen molar-refractivity contribution in [2.24, 2.45) is 11.7 Å². The second-order valence-electron chi connectivity index (χ2n) is 5.50. The molecule has 0 aliphatic heterocycles. The van der Waals surface area contributed by atoms with Gasteiger partial charge in [-0.25, -0.2) is 4.79 Å². The van der Waals surface area contributed by atoms with E-state index < -0.39 is 11.3 Å². The zero-order chi connectivity index (χ0) is 15.6. The lowest BCUT2D eigenvalue weighted by Gasteiger charge is -2.18. The number of primary amides is 1. The van der Waals surface area contributed by atoms with E-state index in [1.54, 1.807) is 0 Å². The van der Waals surface area contributed by atoms with Crippen LogP contribution in [0.5, 0.6) is 0 Å². The van der Waals surface area contributed by atoms with E-state index in [0.29, 0.717) is 5.92 Å². The molecular weight excluding hydrogens is 290 g/mol. The van der Waals surface area contributed by atoms with Gasteiger partial charge in [-0.1, -0.05) is 25.6 Å². The number of hydrogen-bond acceptors (Lipinski definition) is 5. The maximum absolute atomic E-state index is 12.1. The topological polar surface area (TPSA) is 103 Å². The molecule has 1 aromatic rings. The number of nitrogens with zero attached hydrogens (tertiary/aromatic N) is 3. The number of rotatable bonds is 6. The minimum atomic E-state index is -0.832. The predicted molar refractivity (Wildman–Crippen MR) is 79.9 cm³/mol. The molecule has 21 heavy (non-hydrogen) atoms. The van der Waals surface area contributed by atoms with Crippen molar-refractivity contribution in [1.82, 2.24) is 20.1 Å². The van der Waals surface area contributed by atoms with Gasteiger partial charge in [-0.15, -0.1) is 10.2 Å². The molecule has 3 N–H and O–H groups in total. The summed E-state index contributed by atoms with van der Waals surface area (Å²) in [6, 6.07) is -0.832. The molecule has 1 fully saturated rings. The van der Waals surface area contributed by atoms with Crippen molar-refractivity contribution in [2.75, 3.05) is 0 Å². The third-order valence-corrected chi connectivity index (χ3v) is 4.87. The highest BCUT2D eigenvalue weighted by molar-refractivity contribution is 8.00. The minimum Gasteiger partial charge on any atom is -0.351 e. The summed E-state index contributed by atoms with van der Waals surface area (Å²) in [7, 11) is 0. The Labute approximate surface area is 128 Å². The van der Waals surface area contributed by atoms with Crippen molar-refractivity contribution >= 4 is 23.7 Å². The predicted octanol–water partition coefficient (Wildman–Crippen LogP) is 1.49. The summed E-state index contributed by atoms with van der Waals surface area (Å²) < 4.78 is 2.05. The van der Waals surface area contributed by atoms with Crippen molar-refractivity contribution in [3.05, 3.63) is 5.82 Å². The van der Waals surface area contributed by atoms with E-state index in [4.69, 9.17) is 5.73 Å². The third-order valence-electron chi connectivity index (χ3n) is 3.35. The van der Waals surface area contributed by atoms with Gasteiger partial charge in [0.25, 0.3) is 0 Å². The summed E-state index contributed by atoms with van der Waals surface area (Å²) in [4.78, 5) is 22.9. The second-order valence-corrected chi connectivity index (χ2v) is 6.60. The molecule has 0 radical (unpaired) electrons. The fourth-order valence-electron chi connectivity index (χ4n) is 2.13. The van der Waals surface area contributed by atoms with Gasteiger partial charge >= 0.3 is 6.03 Å². The molecule has 0 bridgehead atoms. The standard InChI is InChI=1S/C13H21N5O2S/c1-4-18-10(8-5-6-8)16-17-13(18)21-9(7(2)3)11(19)15-12(14)20/h7-9H,4-6H2,1-3H3,(H3,14,15,19,20)/t9-/m0/s1. The van der Waals surface area contributed by atoms with Crippen LogP contribution < -0.4 is 11.1 Å². The van der Waals surface area contributed by atoms with Gasteiger partial charge < -0.3 is 10.3 Å². The molecule has 1 aliphatic rings. The lowest BCUT2D eigenvalue weighted by molar-refractivity contribution is -0.120. The van der Waals surface area contributed by atoms with Crippen LogP contribution in [0.2, 0.25) is 0 Å². The van der Waals surface area contributed by atoms with E-state index >= 15 is 0 Å². The van der Waals surface area contributed by atoms with Crippen LogP contribution >= 0.6 is 11.8 Å². The van der Waals surface area contributed by atoms with Gasteiger partial charge in [-0.2, -0.15) is 0 Å². The summed E-state index contributed by atoms with van der Waals surface area (Å²) in [5, 5.41) is 10.9. The number of imide groups is 1. The fraction of sp³-hybridized carbons (Fsp3) is 0.692. The highest BCUT2D eigenvalue weighted by Crippen LogP contribution is 2.40. The number of aromatic nitrogens is 3. The molecule has 0 saturated heterocycles. The molecule has 116 valence electrons. The summed E-state index contributed by atoms with van der Waals surface area (Å²) in [6.45, 7) is 6.65. The maximum Gasteiger partial charge on any atom is 0.318 e. The maximum atomic E-state index is 12.1. The van der Waals surface area contributed by atoms with Gasteiger partial charge in [0.2, 0.25) is 5.91 Å². The van der Waals surface area contributed by atoms with Gasteiger partial charge in [0.05, 0.1) is 5.25 Å². The largest absolute Gasteiger partial charge is 0.351 e. The van der Waals surface area contributed by atoms with E-state index in [2.05, 4.69) is 20.1 Å². The molecule has 7 nitrogen and oxygen atoms in total. The van der Waals surface area contributed by atoms with Crippen LogP contribution in [-0.2, 0) is 11.3 Å². The summed E-state index contributed by atoms with van der Waals surface area (Å²) in [5.41, 5.74) is 5.02. The van der Waals surface area contributed by atoms with Crippen molar-refractivity contribution in [2.45, 2.75) is 56.5 Å². The number of nitrogens with two attached hydrogens (primary N) is 1. The Bertz CT molecular complexity index is 539. The normalized spacial score (nSPS) is 16.0. The molecular formula is C13H21N5O2S. The molecule has 1 aromatic heterocycles. The number of thioether (sulfide) groups is 1. The van der Waals surface area contributed by atoms with Gasteiger partial charge in [-0.05, 0) is 25.7 Å². The van der Waals surface area contributed by atoms with E-state index in [9.17, 15) is 9.59 Å². The highest BCUT2D eigenvalue weighted by Gasteiger charge is 2.32. The van der Waals surface area contributed by atoms with Crippen LogP contribution in [0, 0.1) is 5.92 Å². The molecule has 1 aliphatic carbocycles. The number of carbonyl (C=O) groups excluding carboxylic acids is 2. The van der Waals surface area contributed by atoms with Crippen molar-refractivity contribution in [1.29, 1.82) is 0 Å². The molecule has 2 rings (SSSR count). The number of nitrogens with one attached hydrogen (secondary N) is 1. The van der Waals surface area contributed by atoms with E-state index in [1.165, 1.54) is 11.8 Å². The monoisotopic (exact) mass is 311 g/mol. The first-order valence-corrected chi connectivity index (χ1v) is 8.02. The van der Waals surface area contributed by atoms with Crippen LogP contribution in [0.15, 0.2) is 5.16 Å². The molecule has 0 aromatic carbocycles. The molecule has 3 amide bonds. The van der Waals surface area contributed by atoms with Crippen molar-refractivity contribution < 1.29 is 9.59 Å². The van der Waals surface area contributed by atoms with Crippen molar-refractivity contribution in [3.63, 3.8) is 0 Å². The molecule has 1 saturated carbocycles. The zero-order valence-electron chi connectivity index (χ0n) is 12.5. The highest BCUT2D eigenvalue weighted by atomic mass is 32.2. The van der Waals surface area contributed by atoms with E-state index in [-0.39, 0.29) is 11.8 Å². The Kier molecular flexibility index (Phi) is 4.87. The van der Waals surface area contributed by atoms with E-state index in [1.807, 2.05) is 20.8 Å². The number of hydrogen-bond donors (Lipinski definition) is 2. The van der Waals surface area contributed by atoms with Gasteiger partial charge in [0.15, 0.2) is 5.16 Å². The van der Waals surface area contributed by atoms with Crippen LogP contribution in [0.3, 0.4) is 0 Å². The number of urea groups is 1. The lowest BCUT2D eigenvalue weighted by atomic mass is 10.1. The second kappa shape index (κ2) is 6.46. The zero-order valence-corrected chi connectivity index (χ0v) is 13.3. The first-order valence-electron chi connectivity index (χ1n) is 7.14. The first-order chi connectivity index (χ1) is 9.93. The summed E-state index contributed by atoms with van der Waals surface area (Å²) in [5.74, 6) is 1.16. The van der Waals surface area contributed by atoms with Crippen LogP contribution in [0.4, 0.5) is 4.79 Å². The number of carbonyl (C=O) groups is 2. The number of amides is 3. The molecule has 0 spiro atoms. The summed E-state index contributed by atoms with van der Waals surface area (Å²) >= 11 is 1.33. The van der Waals surface area contributed by atoms with Crippen LogP contribution in [0.25, 0.3) is 0 Å². The third kappa shape index (κ3) is 3.75. The molecule has 0 unspecified atom stereocenters. The average Bonchev–Trinajstić information content (AvgIpc) is 3.15. The minimum absolute atomic E-state index is 0.0423. The van der Waals surface area contributed by atoms with Crippen LogP contribution in [0.1, 0.15) is 45.4 Å². The quantitative estimate of drug-likeness (QED) is 0.775. The lowest BCUT2D eigenvalue weighted by Crippen LogP contribution is -2.42. The Balaban J connectivity index is 2.16. The first kappa shape index (κ1) is 15.8. The van der Waals surface area contributed by atoms with Crippen molar-refractivity contribution in [3.8, 4) is 0 Å². The Morgan fingerprint density at radius 1 is 1.43 bits per heavy atom. The molecule has 8 heteroatoms. The van der Waals surface area contributed by atoms with Gasteiger partial charge in [-0.3, -0.25) is 10.1 Å². The SMILES string of the molecule is CCn1c(S[C@H](C(=O)NC(N)=O)C(C)C)nnc1C1CC1. The fourth-order valence-corrected chi connectivity index (χ4v) is 3.23.